The summed E-state index contributed by atoms with van der Waals surface area (Å²) in [7, 11) is 0. The lowest BCUT2D eigenvalue weighted by Gasteiger charge is -2.16. The van der Waals surface area contributed by atoms with Crippen LogP contribution in [0.1, 0.15) is 53.4 Å². The monoisotopic (exact) mass is 257 g/mol. The predicted octanol–water partition coefficient (Wildman–Crippen LogP) is 2.98. The van der Waals surface area contributed by atoms with Gasteiger partial charge in [0.1, 0.15) is 0 Å². The number of rotatable bonds is 9. The summed E-state index contributed by atoms with van der Waals surface area (Å²) in [5.41, 5.74) is 0. The quantitative estimate of drug-likeness (QED) is 0.644. The minimum atomic E-state index is 0.322. The third-order valence-corrected chi connectivity index (χ3v) is 3.32. The molecule has 0 aliphatic carbocycles. The first-order valence-corrected chi connectivity index (χ1v) is 7.54. The van der Waals surface area contributed by atoms with Gasteiger partial charge in [0.05, 0.1) is 18.8 Å². The fraction of sp³-hybridized carbons (Fsp3) is 1.00. The van der Waals surface area contributed by atoms with E-state index in [2.05, 4.69) is 33.0 Å². The smallest absolute Gasteiger partial charge is 0.0813 e. The molecule has 0 radical (unpaired) electrons. The molecule has 2 unspecified atom stereocenters. The summed E-state index contributed by atoms with van der Waals surface area (Å²) in [6.45, 7) is 11.5. The highest BCUT2D eigenvalue weighted by Gasteiger charge is 2.24. The molecule has 1 aliphatic heterocycles. The maximum absolute atomic E-state index is 5.95. The molecule has 108 valence electrons. The van der Waals surface area contributed by atoms with Crippen LogP contribution in [0.4, 0.5) is 0 Å². The van der Waals surface area contributed by atoms with Crippen LogP contribution in [0.2, 0.25) is 0 Å². The van der Waals surface area contributed by atoms with Gasteiger partial charge in [-0.2, -0.15) is 0 Å². The highest BCUT2D eigenvalue weighted by atomic mass is 16.5. The summed E-state index contributed by atoms with van der Waals surface area (Å²) in [5.74, 6) is 0.780. The van der Waals surface area contributed by atoms with Gasteiger partial charge in [0.15, 0.2) is 0 Å². The van der Waals surface area contributed by atoms with Crippen LogP contribution < -0.4 is 5.32 Å². The Hall–Kier alpha value is -0.120. The highest BCUT2D eigenvalue weighted by Crippen LogP contribution is 2.19. The second-order valence-electron chi connectivity index (χ2n) is 6.13. The van der Waals surface area contributed by atoms with Crippen LogP contribution >= 0.6 is 0 Å². The van der Waals surface area contributed by atoms with Crippen LogP contribution in [0.25, 0.3) is 0 Å². The summed E-state index contributed by atoms with van der Waals surface area (Å²) >= 11 is 0. The molecular weight excluding hydrogens is 226 g/mol. The molecule has 0 saturated carbocycles. The van der Waals surface area contributed by atoms with E-state index in [1.165, 1.54) is 19.3 Å². The Kier molecular flexibility index (Phi) is 7.87. The summed E-state index contributed by atoms with van der Waals surface area (Å²) in [5, 5.41) is 3.43. The lowest BCUT2D eigenvalue weighted by atomic mass is 10.1. The zero-order valence-corrected chi connectivity index (χ0v) is 12.6. The second-order valence-corrected chi connectivity index (χ2v) is 6.13. The van der Waals surface area contributed by atoms with Crippen LogP contribution in [-0.2, 0) is 9.47 Å². The van der Waals surface area contributed by atoms with Gasteiger partial charge in [-0.25, -0.2) is 0 Å². The van der Waals surface area contributed by atoms with Gasteiger partial charge in [-0.15, -0.1) is 0 Å². The number of ether oxygens (including phenoxy) is 2. The zero-order chi connectivity index (χ0) is 13.4. The van der Waals surface area contributed by atoms with Gasteiger partial charge in [-0.05, 0) is 31.6 Å². The van der Waals surface area contributed by atoms with Crippen LogP contribution in [0, 0.1) is 5.92 Å². The van der Waals surface area contributed by atoms with Crippen molar-refractivity contribution >= 4 is 0 Å². The lowest BCUT2D eigenvalue weighted by Crippen LogP contribution is -2.32. The van der Waals surface area contributed by atoms with Crippen LogP contribution in [0.3, 0.4) is 0 Å². The number of hydrogen-bond donors (Lipinski definition) is 1. The lowest BCUT2D eigenvalue weighted by molar-refractivity contribution is -0.0156. The van der Waals surface area contributed by atoms with Crippen molar-refractivity contribution in [2.24, 2.45) is 5.92 Å². The van der Waals surface area contributed by atoms with Gasteiger partial charge in [-0.3, -0.25) is 0 Å². The van der Waals surface area contributed by atoms with E-state index in [1.807, 2.05) is 0 Å². The zero-order valence-electron chi connectivity index (χ0n) is 12.6. The average molecular weight is 257 g/mol. The molecule has 0 aromatic rings. The van der Waals surface area contributed by atoms with E-state index in [9.17, 15) is 0 Å². The van der Waals surface area contributed by atoms with Crippen molar-refractivity contribution in [2.45, 2.75) is 71.6 Å². The van der Waals surface area contributed by atoms with Gasteiger partial charge in [0.25, 0.3) is 0 Å². The average Bonchev–Trinajstić information content (AvgIpc) is 2.73. The third-order valence-electron chi connectivity index (χ3n) is 3.32. The molecule has 3 nitrogen and oxygen atoms in total. The van der Waals surface area contributed by atoms with Gasteiger partial charge < -0.3 is 14.8 Å². The first-order valence-electron chi connectivity index (χ1n) is 7.54. The van der Waals surface area contributed by atoms with Crippen molar-refractivity contribution in [1.82, 2.24) is 5.32 Å². The van der Waals surface area contributed by atoms with Crippen LogP contribution in [0.15, 0.2) is 0 Å². The molecule has 1 fully saturated rings. The molecule has 1 aliphatic rings. The standard InChI is InChI=1S/C15H31NO2/c1-12(2)6-5-9-17-11-15-8-7-14(18-15)10-16-13(3)4/h12-16H,5-11H2,1-4H3. The molecule has 0 bridgehead atoms. The topological polar surface area (TPSA) is 30.5 Å². The summed E-state index contributed by atoms with van der Waals surface area (Å²) in [6.07, 6.45) is 5.45. The Morgan fingerprint density at radius 3 is 2.56 bits per heavy atom. The SMILES string of the molecule is CC(C)CCCOCC1CCC(CNC(C)C)O1. The summed E-state index contributed by atoms with van der Waals surface area (Å²) < 4.78 is 11.6. The largest absolute Gasteiger partial charge is 0.379 e. The van der Waals surface area contributed by atoms with Crippen molar-refractivity contribution in [3.8, 4) is 0 Å². The van der Waals surface area contributed by atoms with Gasteiger partial charge in [-0.1, -0.05) is 27.7 Å². The van der Waals surface area contributed by atoms with E-state index in [1.54, 1.807) is 0 Å². The van der Waals surface area contributed by atoms with Crippen LogP contribution in [-0.4, -0.2) is 38.0 Å². The maximum Gasteiger partial charge on any atom is 0.0813 e. The number of hydrogen-bond acceptors (Lipinski definition) is 3. The molecule has 0 spiro atoms. The molecule has 3 heteroatoms. The van der Waals surface area contributed by atoms with Crippen molar-refractivity contribution in [3.63, 3.8) is 0 Å². The predicted molar refractivity (Wildman–Crippen MR) is 75.9 cm³/mol. The second kappa shape index (κ2) is 8.89. The minimum absolute atomic E-state index is 0.322. The van der Waals surface area contributed by atoms with E-state index >= 15 is 0 Å². The Morgan fingerprint density at radius 1 is 1.17 bits per heavy atom. The van der Waals surface area contributed by atoms with E-state index in [0.717, 1.165) is 32.1 Å². The van der Waals surface area contributed by atoms with Crippen LogP contribution in [0.5, 0.6) is 0 Å². The molecule has 0 aromatic heterocycles. The van der Waals surface area contributed by atoms with E-state index in [-0.39, 0.29) is 0 Å². The first-order chi connectivity index (χ1) is 8.58. The van der Waals surface area contributed by atoms with Crippen molar-refractivity contribution in [1.29, 1.82) is 0 Å². The summed E-state index contributed by atoms with van der Waals surface area (Å²) in [6, 6.07) is 0.542. The molecule has 0 amide bonds. The number of nitrogens with one attached hydrogen (secondary N) is 1. The normalized spacial score (nSPS) is 24.3. The third kappa shape index (κ3) is 7.34. The molecule has 1 rings (SSSR count). The molecule has 0 aromatic carbocycles. The Bertz CT molecular complexity index is 207. The van der Waals surface area contributed by atoms with Crippen molar-refractivity contribution in [2.75, 3.05) is 19.8 Å². The Morgan fingerprint density at radius 2 is 1.89 bits per heavy atom. The van der Waals surface area contributed by atoms with E-state index in [4.69, 9.17) is 9.47 Å². The maximum atomic E-state index is 5.95. The molecule has 2 atom stereocenters. The molecule has 18 heavy (non-hydrogen) atoms. The highest BCUT2D eigenvalue weighted by molar-refractivity contribution is 4.75. The summed E-state index contributed by atoms with van der Waals surface area (Å²) in [4.78, 5) is 0. The molecule has 1 saturated heterocycles. The van der Waals surface area contributed by atoms with E-state index < -0.39 is 0 Å². The van der Waals surface area contributed by atoms with Gasteiger partial charge in [0.2, 0.25) is 0 Å². The molecule has 1 heterocycles. The Balaban J connectivity index is 1.97. The fourth-order valence-electron chi connectivity index (χ4n) is 2.23. The van der Waals surface area contributed by atoms with Gasteiger partial charge in [0, 0.05) is 19.2 Å². The van der Waals surface area contributed by atoms with Crippen molar-refractivity contribution in [3.05, 3.63) is 0 Å². The molecular formula is C15H31NO2. The first kappa shape index (κ1) is 15.9. The minimum Gasteiger partial charge on any atom is -0.379 e. The fourth-order valence-corrected chi connectivity index (χ4v) is 2.23. The van der Waals surface area contributed by atoms with Gasteiger partial charge >= 0.3 is 0 Å². The van der Waals surface area contributed by atoms with E-state index in [0.29, 0.717) is 18.2 Å². The van der Waals surface area contributed by atoms with Crippen molar-refractivity contribution < 1.29 is 9.47 Å². The molecule has 1 N–H and O–H groups in total. The Labute approximate surface area is 113 Å².